The zero-order valence-corrected chi connectivity index (χ0v) is 29.6. The van der Waals surface area contributed by atoms with Crippen molar-refractivity contribution in [3.05, 3.63) is 115 Å². The summed E-state index contributed by atoms with van der Waals surface area (Å²) in [6, 6.07) is 21.8. The highest BCUT2D eigenvalue weighted by molar-refractivity contribution is 7.12. The van der Waals surface area contributed by atoms with E-state index in [4.69, 9.17) is 9.47 Å². The fourth-order valence-electron chi connectivity index (χ4n) is 6.51. The number of thiophene rings is 2. The first kappa shape index (κ1) is 35.8. The fraction of sp³-hybridized carbons (Fsp3) is 0.368. The monoisotopic (exact) mass is 717 g/mol. The van der Waals surface area contributed by atoms with Crippen LogP contribution in [0.25, 0.3) is 10.9 Å². The van der Waals surface area contributed by atoms with E-state index in [1.165, 1.54) is 34.8 Å². The second-order valence-electron chi connectivity index (χ2n) is 12.7. The van der Waals surface area contributed by atoms with Gasteiger partial charge in [0.15, 0.2) is 0 Å². The molecule has 1 atom stereocenters. The van der Waals surface area contributed by atoms with Gasteiger partial charge in [0.1, 0.15) is 24.2 Å². The van der Waals surface area contributed by atoms with Gasteiger partial charge in [0.25, 0.3) is 0 Å². The number of aromatic hydroxyl groups is 1. The van der Waals surface area contributed by atoms with Gasteiger partial charge in [0.2, 0.25) is 11.2 Å². The van der Waals surface area contributed by atoms with Crippen molar-refractivity contribution in [2.45, 2.75) is 56.0 Å². The number of hydrogen-bond acceptors (Lipinski definition) is 11. The molecule has 0 amide bonds. The van der Waals surface area contributed by atoms with Crippen LogP contribution in [0.15, 0.2) is 88.4 Å². The maximum Gasteiger partial charge on any atom is 0.349 e. The minimum atomic E-state index is -1.78. The lowest BCUT2D eigenvalue weighted by atomic mass is 9.91. The number of likely N-dealkylation sites (N-methyl/N-ethyl adjacent to an activating group) is 1. The number of pyridine rings is 1. The number of rotatable bonds is 15. The summed E-state index contributed by atoms with van der Waals surface area (Å²) >= 11 is 2.70. The quantitative estimate of drug-likeness (QED) is 0.0718. The molecule has 1 unspecified atom stereocenters. The average molecular weight is 718 g/mol. The lowest BCUT2D eigenvalue weighted by molar-refractivity contribution is -0.169. The van der Waals surface area contributed by atoms with Crippen molar-refractivity contribution in [2.24, 2.45) is 0 Å². The number of hydrogen-bond donors (Lipinski definition) is 5. The molecule has 1 saturated carbocycles. The topological polar surface area (TPSA) is 144 Å². The van der Waals surface area contributed by atoms with Crippen molar-refractivity contribution >= 4 is 39.5 Å². The maximum atomic E-state index is 13.3. The van der Waals surface area contributed by atoms with E-state index in [-0.39, 0.29) is 17.4 Å². The Labute approximate surface area is 298 Å². The molecular weight excluding hydrogens is 675 g/mol. The predicted octanol–water partition coefficient (Wildman–Crippen LogP) is 5.32. The van der Waals surface area contributed by atoms with Gasteiger partial charge in [-0.1, -0.05) is 30.3 Å². The van der Waals surface area contributed by atoms with Crippen molar-refractivity contribution in [3.8, 4) is 11.5 Å². The molecule has 50 heavy (non-hydrogen) atoms. The second kappa shape index (κ2) is 16.3. The van der Waals surface area contributed by atoms with Crippen LogP contribution in [-0.4, -0.2) is 76.6 Å². The van der Waals surface area contributed by atoms with Gasteiger partial charge >= 0.3 is 5.97 Å². The molecule has 1 aliphatic carbocycles. The Balaban J connectivity index is 0.888. The summed E-state index contributed by atoms with van der Waals surface area (Å²) in [7, 11) is 2.10. The number of nitrogens with zero attached hydrogens (tertiary/aromatic N) is 1. The third-order valence-electron chi connectivity index (χ3n) is 9.42. The van der Waals surface area contributed by atoms with Crippen LogP contribution >= 0.6 is 22.7 Å². The van der Waals surface area contributed by atoms with E-state index >= 15 is 0 Å². The predicted molar refractivity (Wildman–Crippen MR) is 196 cm³/mol. The summed E-state index contributed by atoms with van der Waals surface area (Å²) in [6.07, 6.45) is 3.05. The van der Waals surface area contributed by atoms with Crippen LogP contribution in [0.5, 0.6) is 11.5 Å². The minimum absolute atomic E-state index is 0.0312. The highest BCUT2D eigenvalue weighted by Gasteiger charge is 2.45. The molecule has 5 N–H and O–H groups in total. The van der Waals surface area contributed by atoms with Crippen LogP contribution < -0.4 is 15.6 Å². The van der Waals surface area contributed by atoms with E-state index in [1.807, 2.05) is 47.2 Å². The summed E-state index contributed by atoms with van der Waals surface area (Å²) in [5.41, 5.74) is 0.0131. The number of aromatic amines is 1. The lowest BCUT2D eigenvalue weighted by Crippen LogP contribution is -2.42. The Bertz CT molecular complexity index is 1850. The Kier molecular flexibility index (Phi) is 11.7. The molecular formula is C38H43N3O7S2. The lowest BCUT2D eigenvalue weighted by Gasteiger charge is -2.35. The molecule has 3 heterocycles. The molecule has 12 heteroatoms. The zero-order chi connectivity index (χ0) is 35.1. The number of phenolic OH excluding ortho intramolecular Hbond substituents is 1. The number of carbonyl (C=O) groups is 1. The standard InChI is InChI=1S/C38H43N3O7S2/c1-41(26-8-12-28(13-9-26)48-37(45)38(46,33-4-2-22-49-33)34-5-3-23-50-34)20-21-47-27-10-6-25(7-11-27)18-19-39-24-32(43)29-14-16-31(42)36-30(29)15-17-35(44)40-36/h2-7,10-11,14-17,22-23,26,28,32,39,42-43,46H,8-9,12-13,18-21,24H2,1H3,(H,40,44). The van der Waals surface area contributed by atoms with Gasteiger partial charge < -0.3 is 40.0 Å². The van der Waals surface area contributed by atoms with E-state index in [0.717, 1.165) is 50.0 Å². The summed E-state index contributed by atoms with van der Waals surface area (Å²) in [6.45, 7) is 2.32. The molecule has 5 aromatic rings. The smallest absolute Gasteiger partial charge is 0.349 e. The van der Waals surface area contributed by atoms with Gasteiger partial charge in [-0.2, -0.15) is 0 Å². The summed E-state index contributed by atoms with van der Waals surface area (Å²) in [4.78, 5) is 31.1. The van der Waals surface area contributed by atoms with Gasteiger partial charge in [-0.05, 0) is 104 Å². The first-order chi connectivity index (χ1) is 24.2. The molecule has 10 nitrogen and oxygen atoms in total. The van der Waals surface area contributed by atoms with E-state index in [9.17, 15) is 24.9 Å². The SMILES string of the molecule is CN(CCOc1ccc(CCNCC(O)c2ccc(O)c3[nH]c(=O)ccc23)cc1)C1CCC(OC(=O)C(O)(c2cccs2)c2cccs2)CC1. The molecule has 0 aliphatic heterocycles. The Hall–Kier alpha value is -4.04. The molecule has 3 aromatic heterocycles. The van der Waals surface area contributed by atoms with Crippen LogP contribution in [0.1, 0.15) is 52.7 Å². The number of carbonyl (C=O) groups excluding carboxylic acids is 1. The number of ether oxygens (including phenoxy) is 2. The Morgan fingerprint density at radius 1 is 1.00 bits per heavy atom. The summed E-state index contributed by atoms with van der Waals surface area (Å²) < 4.78 is 11.9. The van der Waals surface area contributed by atoms with Crippen molar-refractivity contribution in [3.63, 3.8) is 0 Å². The number of H-pyrrole nitrogens is 1. The highest BCUT2D eigenvalue weighted by Crippen LogP contribution is 2.38. The molecule has 0 spiro atoms. The van der Waals surface area contributed by atoms with E-state index < -0.39 is 17.7 Å². The first-order valence-electron chi connectivity index (χ1n) is 16.9. The number of phenols is 1. The Morgan fingerprint density at radius 2 is 1.70 bits per heavy atom. The fourth-order valence-corrected chi connectivity index (χ4v) is 8.22. The molecule has 6 rings (SSSR count). The van der Waals surface area contributed by atoms with Crippen molar-refractivity contribution in [1.82, 2.24) is 15.2 Å². The molecule has 2 aromatic carbocycles. The van der Waals surface area contributed by atoms with Gasteiger partial charge in [-0.3, -0.25) is 4.79 Å². The normalized spacial score (nSPS) is 17.2. The number of aliphatic hydroxyl groups is 2. The van der Waals surface area contributed by atoms with Crippen molar-refractivity contribution in [1.29, 1.82) is 0 Å². The molecule has 0 saturated heterocycles. The van der Waals surface area contributed by atoms with Crippen molar-refractivity contribution in [2.75, 3.05) is 33.3 Å². The number of aromatic nitrogens is 1. The maximum absolute atomic E-state index is 13.3. The second-order valence-corrected chi connectivity index (χ2v) is 14.6. The number of nitrogens with one attached hydrogen (secondary N) is 2. The van der Waals surface area contributed by atoms with Crippen LogP contribution in [0, 0.1) is 0 Å². The molecule has 1 aliphatic rings. The molecule has 264 valence electrons. The van der Waals surface area contributed by atoms with Gasteiger partial charge in [-0.15, -0.1) is 22.7 Å². The first-order valence-corrected chi connectivity index (χ1v) is 18.7. The minimum Gasteiger partial charge on any atom is -0.506 e. The largest absolute Gasteiger partial charge is 0.506 e. The van der Waals surface area contributed by atoms with E-state index in [1.54, 1.807) is 24.3 Å². The number of benzene rings is 2. The van der Waals surface area contributed by atoms with Gasteiger partial charge in [0, 0.05) is 30.6 Å². The summed E-state index contributed by atoms with van der Waals surface area (Å²) in [5.74, 6) is 0.173. The van der Waals surface area contributed by atoms with Crippen LogP contribution in [0.3, 0.4) is 0 Å². The average Bonchev–Trinajstić information content (AvgIpc) is 3.87. The number of fused-ring (bicyclic) bond motifs is 1. The van der Waals surface area contributed by atoms with Crippen LogP contribution in [0.4, 0.5) is 0 Å². The van der Waals surface area contributed by atoms with Gasteiger partial charge in [-0.25, -0.2) is 4.79 Å². The third-order valence-corrected chi connectivity index (χ3v) is 11.4. The van der Waals surface area contributed by atoms with Crippen LogP contribution in [-0.2, 0) is 21.6 Å². The number of esters is 1. The van der Waals surface area contributed by atoms with E-state index in [0.29, 0.717) is 52.0 Å². The van der Waals surface area contributed by atoms with Crippen LogP contribution in [0.2, 0.25) is 0 Å². The third kappa shape index (κ3) is 8.28. The molecule has 0 radical (unpaired) electrons. The molecule has 1 fully saturated rings. The zero-order valence-electron chi connectivity index (χ0n) is 27.9. The molecule has 0 bridgehead atoms. The van der Waals surface area contributed by atoms with Gasteiger partial charge in [0.05, 0.1) is 21.4 Å². The number of aliphatic hydroxyl groups excluding tert-OH is 1. The van der Waals surface area contributed by atoms with E-state index in [2.05, 4.69) is 22.2 Å². The highest BCUT2D eigenvalue weighted by atomic mass is 32.1. The van der Waals surface area contributed by atoms with Crippen molar-refractivity contribution < 1.29 is 29.6 Å². The summed E-state index contributed by atoms with van der Waals surface area (Å²) in [5, 5.41) is 40.0. The Morgan fingerprint density at radius 3 is 2.36 bits per heavy atom.